The Morgan fingerprint density at radius 3 is 2.35 bits per heavy atom. The van der Waals surface area contributed by atoms with E-state index in [9.17, 15) is 22.4 Å². The van der Waals surface area contributed by atoms with Crippen molar-refractivity contribution in [3.8, 4) is 5.69 Å². The molecule has 0 N–H and O–H groups in total. The average Bonchev–Trinajstić information content (AvgIpc) is 2.71. The van der Waals surface area contributed by atoms with Crippen LogP contribution in [0.3, 0.4) is 0 Å². The van der Waals surface area contributed by atoms with Crippen molar-refractivity contribution >= 4 is 5.78 Å². The Morgan fingerprint density at radius 1 is 1.25 bits per heavy atom. The summed E-state index contributed by atoms with van der Waals surface area (Å²) in [4.78, 5) is 11.1. The number of ketones is 1. The normalized spacial score (nSPS) is 11.7. The zero-order chi connectivity index (χ0) is 15.1. The van der Waals surface area contributed by atoms with Gasteiger partial charge in [-0.3, -0.25) is 4.79 Å². The smallest absolute Gasteiger partial charge is 0.295 e. The van der Waals surface area contributed by atoms with E-state index in [4.69, 9.17) is 0 Å². The number of aromatic nitrogens is 2. The van der Waals surface area contributed by atoms with Crippen molar-refractivity contribution in [1.82, 2.24) is 9.78 Å². The van der Waals surface area contributed by atoms with Crippen molar-refractivity contribution < 1.29 is 22.4 Å². The fraction of sp³-hybridized carbons (Fsp3) is 0.231. The summed E-state index contributed by atoms with van der Waals surface area (Å²) in [6.45, 7) is 2.66. The number of benzene rings is 1. The van der Waals surface area contributed by atoms with Gasteiger partial charge in [-0.05, 0) is 38.1 Å². The van der Waals surface area contributed by atoms with E-state index in [1.54, 1.807) is 0 Å². The molecule has 0 aliphatic rings. The first-order chi connectivity index (χ1) is 9.20. The Morgan fingerprint density at radius 2 is 1.90 bits per heavy atom. The molecule has 0 atom stereocenters. The highest BCUT2D eigenvalue weighted by molar-refractivity contribution is 5.94. The minimum atomic E-state index is -4.59. The lowest BCUT2D eigenvalue weighted by Gasteiger charge is -2.07. The van der Waals surface area contributed by atoms with Crippen molar-refractivity contribution in [1.29, 1.82) is 0 Å². The van der Waals surface area contributed by atoms with Crippen LogP contribution in [0.4, 0.5) is 17.6 Å². The predicted molar refractivity (Wildman–Crippen MR) is 63.3 cm³/mol. The quantitative estimate of drug-likeness (QED) is 0.625. The molecule has 3 nitrogen and oxygen atoms in total. The van der Waals surface area contributed by atoms with Crippen molar-refractivity contribution in [3.05, 3.63) is 47.0 Å². The SMILES string of the molecule is CC(=O)c1ccc(-n2nc(C(F)(F)F)cc2C)c(F)c1. The second-order valence-electron chi connectivity index (χ2n) is 4.30. The number of carbonyl (C=O) groups excluding carboxylic acids is 1. The molecular weight excluding hydrogens is 276 g/mol. The van der Waals surface area contributed by atoms with Crippen LogP contribution in [0.25, 0.3) is 5.69 Å². The van der Waals surface area contributed by atoms with Crippen LogP contribution >= 0.6 is 0 Å². The molecule has 0 spiro atoms. The van der Waals surface area contributed by atoms with E-state index in [2.05, 4.69) is 5.10 Å². The molecule has 106 valence electrons. The standard InChI is InChI=1S/C13H10F4N2O/c1-7-5-12(13(15,16)17)18-19(7)11-4-3-9(8(2)20)6-10(11)14/h3-6H,1-2H3. The number of carbonyl (C=O) groups is 1. The van der Waals surface area contributed by atoms with Crippen LogP contribution < -0.4 is 0 Å². The Kier molecular flexibility index (Phi) is 3.37. The van der Waals surface area contributed by atoms with Gasteiger partial charge < -0.3 is 0 Å². The van der Waals surface area contributed by atoms with Gasteiger partial charge in [-0.1, -0.05) is 0 Å². The van der Waals surface area contributed by atoms with Crippen LogP contribution in [0.2, 0.25) is 0 Å². The van der Waals surface area contributed by atoms with Crippen molar-refractivity contribution in [2.24, 2.45) is 0 Å². The first-order valence-corrected chi connectivity index (χ1v) is 5.65. The van der Waals surface area contributed by atoms with Crippen molar-refractivity contribution in [2.75, 3.05) is 0 Å². The maximum Gasteiger partial charge on any atom is 0.435 e. The first-order valence-electron chi connectivity index (χ1n) is 5.65. The summed E-state index contributed by atoms with van der Waals surface area (Å²) in [5, 5.41) is 3.35. The van der Waals surface area contributed by atoms with Crippen molar-refractivity contribution in [3.63, 3.8) is 0 Å². The average molecular weight is 286 g/mol. The minimum absolute atomic E-state index is 0.136. The molecule has 2 rings (SSSR count). The number of hydrogen-bond donors (Lipinski definition) is 0. The van der Waals surface area contributed by atoms with Crippen LogP contribution in [0, 0.1) is 12.7 Å². The number of hydrogen-bond acceptors (Lipinski definition) is 2. The molecule has 2 aromatic rings. The fourth-order valence-corrected chi connectivity index (χ4v) is 1.75. The molecule has 0 radical (unpaired) electrons. The molecule has 7 heteroatoms. The highest BCUT2D eigenvalue weighted by Crippen LogP contribution is 2.29. The predicted octanol–water partition coefficient (Wildman–Crippen LogP) is 3.54. The summed E-state index contributed by atoms with van der Waals surface area (Å²) < 4.78 is 52.4. The van der Waals surface area contributed by atoms with Gasteiger partial charge in [-0.25, -0.2) is 9.07 Å². The summed E-state index contributed by atoms with van der Waals surface area (Å²) in [7, 11) is 0. The summed E-state index contributed by atoms with van der Waals surface area (Å²) in [5.74, 6) is -1.14. The lowest BCUT2D eigenvalue weighted by atomic mass is 10.1. The Bertz CT molecular complexity index is 673. The van der Waals surface area contributed by atoms with Gasteiger partial charge >= 0.3 is 6.18 Å². The second-order valence-corrected chi connectivity index (χ2v) is 4.30. The largest absolute Gasteiger partial charge is 0.435 e. The number of nitrogens with zero attached hydrogens (tertiary/aromatic N) is 2. The number of aryl methyl sites for hydroxylation is 1. The Labute approximate surface area is 111 Å². The molecule has 0 fully saturated rings. The van der Waals surface area contributed by atoms with Gasteiger partial charge in [0, 0.05) is 11.3 Å². The molecule has 1 heterocycles. The van der Waals surface area contributed by atoms with E-state index in [1.165, 1.54) is 26.0 Å². The number of rotatable bonds is 2. The second kappa shape index (κ2) is 4.73. The molecule has 0 amide bonds. The van der Waals surface area contributed by atoms with Crippen LogP contribution in [0.5, 0.6) is 0 Å². The summed E-state index contributed by atoms with van der Waals surface area (Å²) in [6.07, 6.45) is -4.59. The molecule has 1 aromatic heterocycles. The third kappa shape index (κ3) is 2.56. The molecular formula is C13H10F4N2O. The van der Waals surface area contributed by atoms with Gasteiger partial charge in [0.15, 0.2) is 11.5 Å². The molecule has 0 aliphatic carbocycles. The molecule has 1 aromatic carbocycles. The molecule has 20 heavy (non-hydrogen) atoms. The Hall–Kier alpha value is -2.18. The van der Waals surface area contributed by atoms with Gasteiger partial charge in [0.2, 0.25) is 0 Å². The highest BCUT2D eigenvalue weighted by Gasteiger charge is 2.34. The molecule has 0 bridgehead atoms. The van der Waals surface area contributed by atoms with Gasteiger partial charge in [0.05, 0.1) is 0 Å². The summed E-state index contributed by atoms with van der Waals surface area (Å²) in [5.41, 5.74) is -0.938. The summed E-state index contributed by atoms with van der Waals surface area (Å²) in [6, 6.07) is 4.38. The van der Waals surface area contributed by atoms with Gasteiger partial charge in [-0.15, -0.1) is 0 Å². The maximum atomic E-state index is 13.9. The monoisotopic (exact) mass is 286 g/mol. The van der Waals surface area contributed by atoms with E-state index in [-0.39, 0.29) is 22.7 Å². The zero-order valence-corrected chi connectivity index (χ0v) is 10.6. The Balaban J connectivity index is 2.52. The topological polar surface area (TPSA) is 34.9 Å². The van der Waals surface area contributed by atoms with E-state index in [1.807, 2.05) is 0 Å². The molecule has 0 aliphatic heterocycles. The van der Waals surface area contributed by atoms with Crippen LogP contribution in [0.1, 0.15) is 28.7 Å². The van der Waals surface area contributed by atoms with E-state index in [0.717, 1.165) is 16.8 Å². The number of halogens is 4. The molecule has 0 saturated carbocycles. The van der Waals surface area contributed by atoms with Crippen LogP contribution in [-0.4, -0.2) is 15.6 Å². The van der Waals surface area contributed by atoms with E-state index >= 15 is 0 Å². The lowest BCUT2D eigenvalue weighted by molar-refractivity contribution is -0.141. The summed E-state index contributed by atoms with van der Waals surface area (Å²) >= 11 is 0. The van der Waals surface area contributed by atoms with Gasteiger partial charge in [0.1, 0.15) is 11.5 Å². The van der Waals surface area contributed by atoms with E-state index < -0.39 is 17.7 Å². The van der Waals surface area contributed by atoms with Crippen LogP contribution in [0.15, 0.2) is 24.3 Å². The number of alkyl halides is 3. The zero-order valence-electron chi connectivity index (χ0n) is 10.6. The first kappa shape index (κ1) is 14.2. The molecule has 0 saturated heterocycles. The maximum absolute atomic E-state index is 13.9. The number of Topliss-reactive ketones (excluding diaryl/α,β-unsaturated/α-hetero) is 1. The van der Waals surface area contributed by atoms with Gasteiger partial charge in [-0.2, -0.15) is 18.3 Å². The van der Waals surface area contributed by atoms with Gasteiger partial charge in [0.25, 0.3) is 0 Å². The minimum Gasteiger partial charge on any atom is -0.295 e. The fourth-order valence-electron chi connectivity index (χ4n) is 1.75. The lowest BCUT2D eigenvalue weighted by Crippen LogP contribution is -2.08. The van der Waals surface area contributed by atoms with Crippen LogP contribution in [-0.2, 0) is 6.18 Å². The van der Waals surface area contributed by atoms with E-state index in [0.29, 0.717) is 0 Å². The third-order valence-corrected chi connectivity index (χ3v) is 2.76. The van der Waals surface area contributed by atoms with Crippen molar-refractivity contribution in [2.45, 2.75) is 20.0 Å². The molecule has 0 unspecified atom stereocenters. The highest BCUT2D eigenvalue weighted by atomic mass is 19.4. The third-order valence-electron chi connectivity index (χ3n) is 2.76.